The highest BCUT2D eigenvalue weighted by Crippen LogP contribution is 2.55. The summed E-state index contributed by atoms with van der Waals surface area (Å²) in [4.78, 5) is 23.3. The average molecular weight is 350 g/mol. The molecule has 0 aromatic rings. The van der Waals surface area contributed by atoms with E-state index in [0.717, 1.165) is 19.3 Å². The minimum absolute atomic E-state index is 0.0810. The average Bonchev–Trinajstić information content (AvgIpc) is 2.92. The van der Waals surface area contributed by atoms with Crippen molar-refractivity contribution in [3.8, 4) is 0 Å². The van der Waals surface area contributed by atoms with Gasteiger partial charge >= 0.3 is 11.9 Å². The van der Waals surface area contributed by atoms with Gasteiger partial charge in [-0.1, -0.05) is 29.5 Å². The highest BCUT2D eigenvalue weighted by molar-refractivity contribution is 14.1. The molecule has 1 aliphatic heterocycles. The van der Waals surface area contributed by atoms with E-state index in [-0.39, 0.29) is 34.0 Å². The van der Waals surface area contributed by atoms with Crippen LogP contribution >= 0.6 is 22.6 Å². The third-order valence-corrected chi connectivity index (χ3v) is 5.67. The molecule has 2 aliphatic carbocycles. The molecule has 4 nitrogen and oxygen atoms in total. The number of esters is 2. The lowest BCUT2D eigenvalue weighted by atomic mass is 9.88. The lowest BCUT2D eigenvalue weighted by molar-refractivity contribution is -0.160. The topological polar surface area (TPSA) is 52.6 Å². The maximum absolute atomic E-state index is 11.8. The van der Waals surface area contributed by atoms with E-state index >= 15 is 0 Å². The van der Waals surface area contributed by atoms with Crippen LogP contribution in [0, 0.1) is 17.8 Å². The van der Waals surface area contributed by atoms with Gasteiger partial charge in [0.1, 0.15) is 16.1 Å². The molecule has 1 heterocycles. The Balaban J connectivity index is 1.70. The van der Waals surface area contributed by atoms with Crippen molar-refractivity contribution in [3.63, 3.8) is 0 Å². The molecule has 0 aromatic heterocycles. The van der Waals surface area contributed by atoms with Gasteiger partial charge in [0.25, 0.3) is 0 Å². The number of carbonyl (C=O) groups is 2. The summed E-state index contributed by atoms with van der Waals surface area (Å²) >= 11 is 2.10. The molecule has 2 bridgehead atoms. The van der Waals surface area contributed by atoms with Crippen LogP contribution in [0.15, 0.2) is 0 Å². The zero-order chi connectivity index (χ0) is 12.2. The zero-order valence-electron chi connectivity index (χ0n) is 9.60. The maximum Gasteiger partial charge on any atom is 0.319 e. The molecule has 1 saturated heterocycles. The quantitative estimate of drug-likeness (QED) is 0.442. The lowest BCUT2D eigenvalue weighted by Crippen LogP contribution is -2.37. The van der Waals surface area contributed by atoms with Crippen molar-refractivity contribution >= 4 is 34.5 Å². The molecule has 0 N–H and O–H groups in total. The summed E-state index contributed by atoms with van der Waals surface area (Å²) in [6, 6.07) is 0. The molecule has 3 fully saturated rings. The van der Waals surface area contributed by atoms with Gasteiger partial charge in [0.05, 0.1) is 5.92 Å². The second-order valence-corrected chi connectivity index (χ2v) is 6.68. The summed E-state index contributed by atoms with van der Waals surface area (Å²) in [5.41, 5.74) is 0. The molecule has 3 aliphatic rings. The van der Waals surface area contributed by atoms with Crippen LogP contribution in [0.1, 0.15) is 26.2 Å². The first-order valence-electron chi connectivity index (χ1n) is 6.17. The Kier molecular flexibility index (Phi) is 2.83. The monoisotopic (exact) mass is 350 g/mol. The standard InChI is InChI=1S/C12H15IO4/c1-2-8(13)12(15)16-9-5-3-6-7(4-5)11(14)17-10(6)9/h5-10H,2-4H2,1H3. The molecule has 6 atom stereocenters. The van der Waals surface area contributed by atoms with E-state index in [1.807, 2.05) is 6.92 Å². The van der Waals surface area contributed by atoms with E-state index in [0.29, 0.717) is 11.8 Å². The van der Waals surface area contributed by atoms with Crippen LogP contribution in [0.4, 0.5) is 0 Å². The van der Waals surface area contributed by atoms with E-state index in [4.69, 9.17) is 9.47 Å². The number of hydrogen-bond donors (Lipinski definition) is 0. The van der Waals surface area contributed by atoms with Gasteiger partial charge < -0.3 is 9.47 Å². The van der Waals surface area contributed by atoms with E-state index < -0.39 is 0 Å². The van der Waals surface area contributed by atoms with Gasteiger partial charge in [-0.05, 0) is 19.3 Å². The summed E-state index contributed by atoms with van der Waals surface area (Å²) in [7, 11) is 0. The summed E-state index contributed by atoms with van der Waals surface area (Å²) < 4.78 is 10.8. The molecule has 17 heavy (non-hydrogen) atoms. The maximum atomic E-state index is 11.8. The Hall–Kier alpha value is -0.330. The second kappa shape index (κ2) is 4.10. The van der Waals surface area contributed by atoms with E-state index in [1.54, 1.807) is 0 Å². The Morgan fingerprint density at radius 2 is 2.35 bits per heavy atom. The van der Waals surface area contributed by atoms with Crippen LogP contribution in [-0.4, -0.2) is 28.1 Å². The molecule has 2 saturated carbocycles. The van der Waals surface area contributed by atoms with Gasteiger partial charge in [-0.15, -0.1) is 0 Å². The van der Waals surface area contributed by atoms with E-state index in [9.17, 15) is 9.59 Å². The first kappa shape index (κ1) is 11.7. The smallest absolute Gasteiger partial charge is 0.319 e. The zero-order valence-corrected chi connectivity index (χ0v) is 11.8. The highest BCUT2D eigenvalue weighted by Gasteiger charge is 2.63. The van der Waals surface area contributed by atoms with Crippen molar-refractivity contribution in [1.29, 1.82) is 0 Å². The number of ether oxygens (including phenoxy) is 2. The molecule has 6 unspecified atom stereocenters. The number of rotatable bonds is 3. The lowest BCUT2D eigenvalue weighted by Gasteiger charge is -2.26. The van der Waals surface area contributed by atoms with Crippen LogP contribution < -0.4 is 0 Å². The predicted molar refractivity (Wildman–Crippen MR) is 67.6 cm³/mol. The number of hydrogen-bond acceptors (Lipinski definition) is 4. The molecule has 0 spiro atoms. The van der Waals surface area contributed by atoms with Crippen LogP contribution in [0.5, 0.6) is 0 Å². The Bertz CT molecular complexity index is 370. The van der Waals surface area contributed by atoms with Crippen molar-refractivity contribution in [1.82, 2.24) is 0 Å². The fraction of sp³-hybridized carbons (Fsp3) is 0.833. The number of alkyl halides is 1. The number of fused-ring (bicyclic) bond motifs is 1. The largest absolute Gasteiger partial charge is 0.458 e. The summed E-state index contributed by atoms with van der Waals surface area (Å²) in [6.45, 7) is 1.96. The molecule has 3 rings (SSSR count). The van der Waals surface area contributed by atoms with Crippen molar-refractivity contribution in [2.75, 3.05) is 0 Å². The number of halogens is 1. The van der Waals surface area contributed by atoms with E-state index in [2.05, 4.69) is 22.6 Å². The van der Waals surface area contributed by atoms with Gasteiger partial charge in [0.15, 0.2) is 0 Å². The van der Waals surface area contributed by atoms with Gasteiger partial charge in [-0.25, -0.2) is 0 Å². The van der Waals surface area contributed by atoms with Crippen molar-refractivity contribution in [2.24, 2.45) is 17.8 Å². The molecule has 0 amide bonds. The SMILES string of the molecule is CCC(I)C(=O)OC1C2CC3C(=O)OC1C3C2. The minimum atomic E-state index is -0.181. The molecule has 94 valence electrons. The first-order valence-corrected chi connectivity index (χ1v) is 7.41. The van der Waals surface area contributed by atoms with Gasteiger partial charge in [0, 0.05) is 11.8 Å². The molecule has 0 radical (unpaired) electrons. The predicted octanol–water partition coefficient (Wildman–Crippen LogP) is 1.69. The van der Waals surface area contributed by atoms with Gasteiger partial charge in [-0.3, -0.25) is 9.59 Å². The highest BCUT2D eigenvalue weighted by atomic mass is 127. The first-order chi connectivity index (χ1) is 8.11. The fourth-order valence-electron chi connectivity index (χ4n) is 3.44. The minimum Gasteiger partial charge on any atom is -0.458 e. The second-order valence-electron chi connectivity index (χ2n) is 5.18. The molecular formula is C12H15IO4. The van der Waals surface area contributed by atoms with Gasteiger partial charge in [0.2, 0.25) is 0 Å². The van der Waals surface area contributed by atoms with Crippen LogP contribution in [0.25, 0.3) is 0 Å². The van der Waals surface area contributed by atoms with Gasteiger partial charge in [-0.2, -0.15) is 0 Å². The Morgan fingerprint density at radius 1 is 1.59 bits per heavy atom. The van der Waals surface area contributed by atoms with Crippen LogP contribution in [-0.2, 0) is 19.1 Å². The normalized spacial score (nSPS) is 43.6. The molecule has 5 heteroatoms. The molecule has 0 aromatic carbocycles. The summed E-state index contributed by atoms with van der Waals surface area (Å²) in [6.07, 6.45) is 2.26. The Morgan fingerprint density at radius 3 is 3.06 bits per heavy atom. The third-order valence-electron chi connectivity index (χ3n) is 4.28. The third kappa shape index (κ3) is 1.69. The molecular weight excluding hydrogens is 335 g/mol. The summed E-state index contributed by atoms with van der Waals surface area (Å²) in [5, 5.41) is 0. The summed E-state index contributed by atoms with van der Waals surface area (Å²) in [5.74, 6) is 0.486. The van der Waals surface area contributed by atoms with Crippen molar-refractivity contribution < 1.29 is 19.1 Å². The van der Waals surface area contributed by atoms with E-state index in [1.165, 1.54) is 0 Å². The number of carbonyl (C=O) groups excluding carboxylic acids is 2. The fourth-order valence-corrected chi connectivity index (χ4v) is 3.59. The van der Waals surface area contributed by atoms with Crippen molar-refractivity contribution in [3.05, 3.63) is 0 Å². The van der Waals surface area contributed by atoms with Crippen molar-refractivity contribution in [2.45, 2.75) is 42.3 Å². The van der Waals surface area contributed by atoms with Crippen LogP contribution in [0.3, 0.4) is 0 Å². The Labute approximate surface area is 114 Å². The van der Waals surface area contributed by atoms with Crippen LogP contribution in [0.2, 0.25) is 0 Å².